The second kappa shape index (κ2) is 10.9. The average Bonchev–Trinajstić information content (AvgIpc) is 3.50. The Morgan fingerprint density at radius 3 is 2.17 bits per heavy atom. The third-order valence-corrected chi connectivity index (χ3v) is 7.56. The molecule has 1 fully saturated rings. The summed E-state index contributed by atoms with van der Waals surface area (Å²) in [5, 5.41) is 12.1. The first kappa shape index (κ1) is 24.8. The third kappa shape index (κ3) is 5.50. The number of rotatable bonds is 9. The summed E-state index contributed by atoms with van der Waals surface area (Å²) in [6.07, 6.45) is 4.49. The molecule has 0 aromatic heterocycles. The fourth-order valence-electron chi connectivity index (χ4n) is 5.42. The van der Waals surface area contributed by atoms with Crippen molar-refractivity contribution in [3.05, 3.63) is 59.7 Å². The van der Waals surface area contributed by atoms with Crippen LogP contribution in [0.2, 0.25) is 0 Å². The van der Waals surface area contributed by atoms with Crippen LogP contribution >= 0.6 is 0 Å². The number of alkyl carbamates (subject to hydrolysis) is 1. The van der Waals surface area contributed by atoms with Crippen LogP contribution in [-0.2, 0) is 14.3 Å². The van der Waals surface area contributed by atoms with Gasteiger partial charge in [-0.15, -0.1) is 0 Å². The van der Waals surface area contributed by atoms with E-state index in [-0.39, 0.29) is 25.0 Å². The van der Waals surface area contributed by atoms with Crippen molar-refractivity contribution in [2.24, 2.45) is 11.8 Å². The Labute approximate surface area is 206 Å². The summed E-state index contributed by atoms with van der Waals surface area (Å²) < 4.78 is 5.62. The SMILES string of the molecule is C[C@@H](C(=O)O)N(C)C(=O)C(CNC(=O)OCC1c2ccccc2-c2ccccc21)CC1CCCC1. The zero-order chi connectivity index (χ0) is 24.9. The van der Waals surface area contributed by atoms with E-state index in [9.17, 15) is 19.5 Å². The van der Waals surface area contributed by atoms with Gasteiger partial charge >= 0.3 is 12.1 Å². The highest BCUT2D eigenvalue weighted by Crippen LogP contribution is 2.44. The highest BCUT2D eigenvalue weighted by molar-refractivity contribution is 5.85. The number of ether oxygens (including phenoxy) is 1. The molecule has 0 aliphatic heterocycles. The molecule has 2 aromatic carbocycles. The molecular formula is C28H34N2O5. The van der Waals surface area contributed by atoms with Crippen LogP contribution in [0, 0.1) is 11.8 Å². The van der Waals surface area contributed by atoms with Gasteiger partial charge in [-0.1, -0.05) is 74.2 Å². The number of nitrogens with one attached hydrogen (secondary N) is 1. The first-order valence-electron chi connectivity index (χ1n) is 12.4. The standard InChI is InChI=1S/C28H34N2O5/c1-18(27(32)33)30(2)26(31)20(15-19-9-3-4-10-19)16-29-28(34)35-17-25-23-13-7-5-11-21(23)22-12-6-8-14-24(22)25/h5-8,11-14,18-20,25H,3-4,9-10,15-17H2,1-2H3,(H,29,34)(H,32,33)/t18-,20?/m0/s1. The maximum Gasteiger partial charge on any atom is 0.407 e. The molecule has 186 valence electrons. The van der Waals surface area contributed by atoms with Gasteiger partial charge in [0.1, 0.15) is 12.6 Å². The molecule has 0 radical (unpaired) electrons. The summed E-state index contributed by atoms with van der Waals surface area (Å²) in [5.74, 6) is -1.41. The number of hydrogen-bond acceptors (Lipinski definition) is 4. The predicted octanol–water partition coefficient (Wildman–Crippen LogP) is 4.65. The lowest BCUT2D eigenvalue weighted by Crippen LogP contribution is -2.46. The summed E-state index contributed by atoms with van der Waals surface area (Å²) in [4.78, 5) is 38.4. The van der Waals surface area contributed by atoms with Crippen molar-refractivity contribution in [3.63, 3.8) is 0 Å². The van der Waals surface area contributed by atoms with Crippen molar-refractivity contribution in [2.45, 2.75) is 51.0 Å². The van der Waals surface area contributed by atoms with Gasteiger partial charge < -0.3 is 20.1 Å². The van der Waals surface area contributed by atoms with Crippen LogP contribution in [0.5, 0.6) is 0 Å². The molecule has 35 heavy (non-hydrogen) atoms. The second-order valence-corrected chi connectivity index (χ2v) is 9.75. The van der Waals surface area contributed by atoms with E-state index in [1.807, 2.05) is 24.3 Å². The number of amides is 2. The molecule has 2 aliphatic rings. The number of fused-ring (bicyclic) bond motifs is 3. The minimum Gasteiger partial charge on any atom is -0.480 e. The molecule has 2 aliphatic carbocycles. The largest absolute Gasteiger partial charge is 0.480 e. The summed E-state index contributed by atoms with van der Waals surface area (Å²) in [6, 6.07) is 15.4. The van der Waals surface area contributed by atoms with E-state index in [4.69, 9.17) is 4.74 Å². The van der Waals surface area contributed by atoms with Crippen molar-refractivity contribution >= 4 is 18.0 Å². The first-order valence-corrected chi connectivity index (χ1v) is 12.4. The summed E-state index contributed by atoms with van der Waals surface area (Å²) in [5.41, 5.74) is 4.60. The van der Waals surface area contributed by atoms with Crippen LogP contribution in [0.1, 0.15) is 56.1 Å². The van der Waals surface area contributed by atoms with Crippen molar-refractivity contribution < 1.29 is 24.2 Å². The van der Waals surface area contributed by atoms with E-state index in [1.54, 1.807) is 0 Å². The fraction of sp³-hybridized carbons (Fsp3) is 0.464. The van der Waals surface area contributed by atoms with Gasteiger partial charge in [-0.05, 0) is 41.5 Å². The maximum absolute atomic E-state index is 13.1. The van der Waals surface area contributed by atoms with Gasteiger partial charge in [-0.25, -0.2) is 9.59 Å². The number of carboxylic acids is 1. The quantitative estimate of drug-likeness (QED) is 0.547. The van der Waals surface area contributed by atoms with Crippen LogP contribution < -0.4 is 5.32 Å². The highest BCUT2D eigenvalue weighted by Gasteiger charge is 2.32. The average molecular weight is 479 g/mol. The van der Waals surface area contributed by atoms with E-state index >= 15 is 0 Å². The molecule has 0 bridgehead atoms. The van der Waals surface area contributed by atoms with Crippen LogP contribution in [0.4, 0.5) is 4.79 Å². The van der Waals surface area contributed by atoms with Crippen LogP contribution in [0.25, 0.3) is 11.1 Å². The Morgan fingerprint density at radius 2 is 1.60 bits per heavy atom. The molecule has 2 atom stereocenters. The van der Waals surface area contributed by atoms with Crippen molar-refractivity contribution in [3.8, 4) is 11.1 Å². The Morgan fingerprint density at radius 1 is 1.03 bits per heavy atom. The fourth-order valence-corrected chi connectivity index (χ4v) is 5.42. The molecule has 1 saturated carbocycles. The first-order chi connectivity index (χ1) is 16.9. The number of carbonyl (C=O) groups is 3. The molecule has 0 heterocycles. The molecule has 7 heteroatoms. The van der Waals surface area contributed by atoms with E-state index in [1.165, 1.54) is 18.9 Å². The highest BCUT2D eigenvalue weighted by atomic mass is 16.5. The van der Waals surface area contributed by atoms with Crippen molar-refractivity contribution in [1.82, 2.24) is 10.2 Å². The summed E-state index contributed by atoms with van der Waals surface area (Å²) in [7, 11) is 1.51. The summed E-state index contributed by atoms with van der Waals surface area (Å²) in [6.45, 7) is 1.82. The van der Waals surface area contributed by atoms with Crippen LogP contribution in [0.15, 0.2) is 48.5 Å². The third-order valence-electron chi connectivity index (χ3n) is 7.56. The maximum atomic E-state index is 13.1. The lowest BCUT2D eigenvalue weighted by molar-refractivity contribution is -0.150. The number of nitrogens with zero attached hydrogens (tertiary/aromatic N) is 1. The zero-order valence-corrected chi connectivity index (χ0v) is 20.4. The smallest absolute Gasteiger partial charge is 0.407 e. The lowest BCUT2D eigenvalue weighted by atomic mass is 9.91. The Balaban J connectivity index is 1.38. The molecular weight excluding hydrogens is 444 g/mol. The lowest BCUT2D eigenvalue weighted by Gasteiger charge is -2.28. The molecule has 2 N–H and O–H groups in total. The minimum atomic E-state index is -1.05. The number of benzene rings is 2. The number of hydrogen-bond donors (Lipinski definition) is 2. The molecule has 0 saturated heterocycles. The molecule has 7 nitrogen and oxygen atoms in total. The minimum absolute atomic E-state index is 0.0355. The van der Waals surface area contributed by atoms with Crippen molar-refractivity contribution in [2.75, 3.05) is 20.2 Å². The van der Waals surface area contributed by atoms with Crippen LogP contribution in [0.3, 0.4) is 0 Å². The zero-order valence-electron chi connectivity index (χ0n) is 20.4. The molecule has 2 aromatic rings. The topological polar surface area (TPSA) is 95.9 Å². The number of carbonyl (C=O) groups excluding carboxylic acids is 2. The molecule has 2 amide bonds. The van der Waals surface area contributed by atoms with Gasteiger partial charge in [0.25, 0.3) is 0 Å². The van der Waals surface area contributed by atoms with E-state index in [0.717, 1.165) is 47.9 Å². The van der Waals surface area contributed by atoms with Gasteiger partial charge in [-0.2, -0.15) is 0 Å². The van der Waals surface area contributed by atoms with Gasteiger partial charge in [0.05, 0.1) is 5.92 Å². The Kier molecular flexibility index (Phi) is 7.73. The molecule has 0 spiro atoms. The van der Waals surface area contributed by atoms with E-state index < -0.39 is 24.0 Å². The van der Waals surface area contributed by atoms with E-state index in [0.29, 0.717) is 12.3 Å². The molecule has 4 rings (SSSR count). The van der Waals surface area contributed by atoms with Crippen molar-refractivity contribution in [1.29, 1.82) is 0 Å². The normalized spacial score (nSPS) is 16.7. The van der Waals surface area contributed by atoms with E-state index in [2.05, 4.69) is 29.6 Å². The van der Waals surface area contributed by atoms with Gasteiger partial charge in [0.15, 0.2) is 0 Å². The second-order valence-electron chi connectivity index (χ2n) is 9.75. The van der Waals surface area contributed by atoms with Gasteiger partial charge in [0, 0.05) is 19.5 Å². The van der Waals surface area contributed by atoms with Crippen LogP contribution in [-0.4, -0.2) is 54.2 Å². The number of likely N-dealkylation sites (N-methyl/N-ethyl adjacent to an activating group) is 1. The Hall–Kier alpha value is -3.35. The number of carboxylic acid groups (broad SMARTS) is 1. The molecule has 1 unspecified atom stereocenters. The summed E-state index contributed by atoms with van der Waals surface area (Å²) >= 11 is 0. The predicted molar refractivity (Wildman–Crippen MR) is 133 cm³/mol. The monoisotopic (exact) mass is 478 g/mol. The van der Waals surface area contributed by atoms with Gasteiger partial charge in [0.2, 0.25) is 5.91 Å². The number of aliphatic carboxylic acids is 1. The van der Waals surface area contributed by atoms with Gasteiger partial charge in [-0.3, -0.25) is 4.79 Å². The Bertz CT molecular complexity index is 1030.